The standard InChI is InChI=1S/C20H26N4/c1-4-21-17-11-18(23-19(22-17)14-9-10-14)24-12-15-7-5-6-8-16(15)20(2,3)13-24/h5-8,11,14H,4,9-10,12-13H2,1-3H3,(H,21,22,23). The molecule has 0 radical (unpaired) electrons. The summed E-state index contributed by atoms with van der Waals surface area (Å²) in [5, 5.41) is 3.37. The zero-order valence-electron chi connectivity index (χ0n) is 14.8. The average molecular weight is 322 g/mol. The van der Waals surface area contributed by atoms with E-state index in [-0.39, 0.29) is 5.41 Å². The van der Waals surface area contributed by atoms with Crippen molar-refractivity contribution >= 4 is 11.6 Å². The third-order valence-corrected chi connectivity index (χ3v) is 5.05. The van der Waals surface area contributed by atoms with Gasteiger partial charge in [-0.15, -0.1) is 0 Å². The summed E-state index contributed by atoms with van der Waals surface area (Å²) in [4.78, 5) is 12.0. The van der Waals surface area contributed by atoms with Crippen LogP contribution in [0.1, 0.15) is 56.5 Å². The topological polar surface area (TPSA) is 41.0 Å². The van der Waals surface area contributed by atoms with Crippen LogP contribution < -0.4 is 10.2 Å². The molecule has 126 valence electrons. The van der Waals surface area contributed by atoms with Crippen LogP contribution in [0.15, 0.2) is 30.3 Å². The molecule has 4 rings (SSSR count). The van der Waals surface area contributed by atoms with Crippen molar-refractivity contribution in [1.82, 2.24) is 9.97 Å². The average Bonchev–Trinajstić information content (AvgIpc) is 3.39. The van der Waals surface area contributed by atoms with E-state index in [2.05, 4.69) is 61.3 Å². The first-order chi connectivity index (χ1) is 11.6. The van der Waals surface area contributed by atoms with E-state index in [0.29, 0.717) is 5.92 Å². The van der Waals surface area contributed by atoms with E-state index < -0.39 is 0 Å². The molecule has 4 nitrogen and oxygen atoms in total. The van der Waals surface area contributed by atoms with E-state index in [1.165, 1.54) is 24.0 Å². The number of rotatable bonds is 4. The minimum atomic E-state index is 0.123. The summed E-state index contributed by atoms with van der Waals surface area (Å²) in [5.41, 5.74) is 2.99. The Hall–Kier alpha value is -2.10. The molecule has 1 aliphatic carbocycles. The summed E-state index contributed by atoms with van der Waals surface area (Å²) in [6.45, 7) is 9.55. The molecule has 2 aromatic rings. The highest BCUT2D eigenvalue weighted by Gasteiger charge is 2.33. The monoisotopic (exact) mass is 322 g/mol. The van der Waals surface area contributed by atoms with E-state index in [1.807, 2.05) is 0 Å². The van der Waals surface area contributed by atoms with Gasteiger partial charge in [0.15, 0.2) is 0 Å². The number of anilines is 2. The molecular weight excluding hydrogens is 296 g/mol. The van der Waals surface area contributed by atoms with Crippen LogP contribution in [0.5, 0.6) is 0 Å². The quantitative estimate of drug-likeness (QED) is 0.921. The third-order valence-electron chi connectivity index (χ3n) is 5.05. The van der Waals surface area contributed by atoms with Gasteiger partial charge in [-0.05, 0) is 30.9 Å². The van der Waals surface area contributed by atoms with Crippen LogP contribution in [0.3, 0.4) is 0 Å². The molecule has 1 aromatic heterocycles. The number of fused-ring (bicyclic) bond motifs is 1. The minimum Gasteiger partial charge on any atom is -0.370 e. The first kappa shape index (κ1) is 15.4. The molecule has 4 heteroatoms. The SMILES string of the molecule is CCNc1cc(N2Cc3ccccc3C(C)(C)C2)nc(C2CC2)n1. The molecule has 1 aliphatic heterocycles. The maximum Gasteiger partial charge on any atom is 0.136 e. The minimum absolute atomic E-state index is 0.123. The number of hydrogen-bond acceptors (Lipinski definition) is 4. The molecule has 0 spiro atoms. The molecule has 24 heavy (non-hydrogen) atoms. The molecule has 0 bridgehead atoms. The van der Waals surface area contributed by atoms with Gasteiger partial charge in [0, 0.05) is 37.0 Å². The zero-order valence-corrected chi connectivity index (χ0v) is 14.8. The van der Waals surface area contributed by atoms with Crippen LogP contribution in [-0.2, 0) is 12.0 Å². The second-order valence-electron chi connectivity index (χ2n) is 7.67. The molecular formula is C20H26N4. The Bertz CT molecular complexity index is 749. The van der Waals surface area contributed by atoms with E-state index in [1.54, 1.807) is 0 Å². The van der Waals surface area contributed by atoms with Gasteiger partial charge in [0.1, 0.15) is 17.5 Å². The molecule has 0 atom stereocenters. The lowest BCUT2D eigenvalue weighted by atomic mass is 9.78. The summed E-state index contributed by atoms with van der Waals surface area (Å²) in [6.07, 6.45) is 2.45. The number of hydrogen-bond donors (Lipinski definition) is 1. The smallest absolute Gasteiger partial charge is 0.136 e. The van der Waals surface area contributed by atoms with Crippen molar-refractivity contribution in [3.05, 3.63) is 47.3 Å². The second-order valence-corrected chi connectivity index (χ2v) is 7.67. The molecule has 1 saturated carbocycles. The maximum absolute atomic E-state index is 4.91. The van der Waals surface area contributed by atoms with Gasteiger partial charge in [0.25, 0.3) is 0 Å². The molecule has 0 amide bonds. The molecule has 2 aliphatic rings. The molecule has 1 fully saturated rings. The normalized spacial score (nSPS) is 19.0. The van der Waals surface area contributed by atoms with Gasteiger partial charge in [-0.2, -0.15) is 0 Å². The van der Waals surface area contributed by atoms with Gasteiger partial charge in [-0.3, -0.25) is 0 Å². The van der Waals surface area contributed by atoms with Crippen LogP contribution in [0.4, 0.5) is 11.6 Å². The highest BCUT2D eigenvalue weighted by Crippen LogP contribution is 2.40. The fourth-order valence-electron chi connectivity index (χ4n) is 3.71. The van der Waals surface area contributed by atoms with E-state index in [0.717, 1.165) is 37.1 Å². The highest BCUT2D eigenvalue weighted by atomic mass is 15.2. The van der Waals surface area contributed by atoms with E-state index in [9.17, 15) is 0 Å². The summed E-state index contributed by atoms with van der Waals surface area (Å²) < 4.78 is 0. The molecule has 1 N–H and O–H groups in total. The van der Waals surface area contributed by atoms with Crippen molar-refractivity contribution in [2.75, 3.05) is 23.3 Å². The van der Waals surface area contributed by atoms with Crippen LogP contribution in [0.2, 0.25) is 0 Å². The number of aromatic nitrogens is 2. The van der Waals surface area contributed by atoms with Gasteiger partial charge in [-0.25, -0.2) is 9.97 Å². The van der Waals surface area contributed by atoms with Gasteiger partial charge >= 0.3 is 0 Å². The van der Waals surface area contributed by atoms with Gasteiger partial charge in [0.05, 0.1) is 0 Å². The Morgan fingerprint density at radius 1 is 1.21 bits per heavy atom. The fraction of sp³-hybridized carbons (Fsp3) is 0.500. The van der Waals surface area contributed by atoms with Gasteiger partial charge in [-0.1, -0.05) is 38.1 Å². The molecule has 1 aromatic carbocycles. The van der Waals surface area contributed by atoms with Crippen molar-refractivity contribution in [2.24, 2.45) is 0 Å². The lowest BCUT2D eigenvalue weighted by molar-refractivity contribution is 0.474. The number of nitrogens with one attached hydrogen (secondary N) is 1. The van der Waals surface area contributed by atoms with Crippen LogP contribution in [0.25, 0.3) is 0 Å². The van der Waals surface area contributed by atoms with Crippen LogP contribution in [-0.4, -0.2) is 23.1 Å². The van der Waals surface area contributed by atoms with Crippen molar-refractivity contribution in [1.29, 1.82) is 0 Å². The summed E-state index contributed by atoms with van der Waals surface area (Å²) in [7, 11) is 0. The Morgan fingerprint density at radius 3 is 2.75 bits per heavy atom. The fourth-order valence-corrected chi connectivity index (χ4v) is 3.71. The summed E-state index contributed by atoms with van der Waals surface area (Å²) >= 11 is 0. The Labute approximate surface area is 144 Å². The third kappa shape index (κ3) is 2.85. The van der Waals surface area contributed by atoms with E-state index in [4.69, 9.17) is 9.97 Å². The highest BCUT2D eigenvalue weighted by molar-refractivity contribution is 5.53. The largest absolute Gasteiger partial charge is 0.370 e. The Kier molecular flexibility index (Phi) is 3.70. The zero-order chi connectivity index (χ0) is 16.7. The van der Waals surface area contributed by atoms with Crippen molar-refractivity contribution < 1.29 is 0 Å². The molecule has 0 unspecified atom stereocenters. The second kappa shape index (κ2) is 5.76. The maximum atomic E-state index is 4.91. The Balaban J connectivity index is 1.71. The lowest BCUT2D eigenvalue weighted by Gasteiger charge is -2.40. The van der Waals surface area contributed by atoms with Crippen molar-refractivity contribution in [2.45, 2.75) is 51.5 Å². The Morgan fingerprint density at radius 2 is 2.00 bits per heavy atom. The predicted octanol–water partition coefficient (Wildman–Crippen LogP) is 4.08. The molecule has 0 saturated heterocycles. The van der Waals surface area contributed by atoms with Crippen LogP contribution in [0, 0.1) is 0 Å². The predicted molar refractivity (Wildman–Crippen MR) is 98.7 cm³/mol. The number of nitrogens with zero attached hydrogens (tertiary/aromatic N) is 3. The number of benzene rings is 1. The summed E-state index contributed by atoms with van der Waals surface area (Å²) in [6, 6.07) is 10.9. The van der Waals surface area contributed by atoms with E-state index >= 15 is 0 Å². The van der Waals surface area contributed by atoms with Gasteiger partial charge in [0.2, 0.25) is 0 Å². The first-order valence-corrected chi connectivity index (χ1v) is 9.03. The summed E-state index contributed by atoms with van der Waals surface area (Å²) in [5.74, 6) is 3.60. The lowest BCUT2D eigenvalue weighted by Crippen LogP contribution is -2.42. The van der Waals surface area contributed by atoms with Gasteiger partial charge < -0.3 is 10.2 Å². The molecule has 2 heterocycles. The van der Waals surface area contributed by atoms with Crippen LogP contribution >= 0.6 is 0 Å². The van der Waals surface area contributed by atoms with Crippen molar-refractivity contribution in [3.63, 3.8) is 0 Å². The van der Waals surface area contributed by atoms with Crippen molar-refractivity contribution in [3.8, 4) is 0 Å². The first-order valence-electron chi connectivity index (χ1n) is 9.03.